The molecular formula is C9H21O3P. The Kier molecular flexibility index (Phi) is 7.87. The summed E-state index contributed by atoms with van der Waals surface area (Å²) < 4.78 is 0. The van der Waals surface area contributed by atoms with E-state index in [0.29, 0.717) is 0 Å². The van der Waals surface area contributed by atoms with Crippen molar-refractivity contribution in [3.63, 3.8) is 0 Å². The largest absolute Gasteiger partial charge is 0.396 e. The first-order valence-corrected chi connectivity index (χ1v) is 6.42. The molecule has 0 rings (SSSR count). The molecule has 3 nitrogen and oxygen atoms in total. The van der Waals surface area contributed by atoms with Gasteiger partial charge in [-0.3, -0.25) is 0 Å². The summed E-state index contributed by atoms with van der Waals surface area (Å²) in [5, 5.41) is 26.8. The molecule has 0 saturated heterocycles. The average molecular weight is 208 g/mol. The van der Waals surface area contributed by atoms with Crippen LogP contribution in [0.1, 0.15) is 20.3 Å². The first-order chi connectivity index (χ1) is 6.17. The predicted octanol–water partition coefficient (Wildman–Crippen LogP) is 0.612. The summed E-state index contributed by atoms with van der Waals surface area (Å²) >= 11 is 0. The Morgan fingerprint density at radius 3 is 1.77 bits per heavy atom. The van der Waals surface area contributed by atoms with Gasteiger partial charge in [-0.15, -0.1) is 0 Å². The van der Waals surface area contributed by atoms with Gasteiger partial charge in [-0.25, -0.2) is 0 Å². The molecule has 0 spiro atoms. The Morgan fingerprint density at radius 1 is 1.00 bits per heavy atom. The van der Waals surface area contributed by atoms with Gasteiger partial charge in [0, 0.05) is 19.8 Å². The van der Waals surface area contributed by atoms with Crippen molar-refractivity contribution in [1.29, 1.82) is 0 Å². The van der Waals surface area contributed by atoms with Gasteiger partial charge < -0.3 is 15.3 Å². The molecule has 13 heavy (non-hydrogen) atoms. The van der Waals surface area contributed by atoms with Crippen LogP contribution in [0.4, 0.5) is 0 Å². The van der Waals surface area contributed by atoms with Crippen LogP contribution in [0.5, 0.6) is 0 Å². The Hall–Kier alpha value is 0.310. The highest BCUT2D eigenvalue weighted by molar-refractivity contribution is 7.59. The van der Waals surface area contributed by atoms with Crippen LogP contribution in [0.3, 0.4) is 0 Å². The van der Waals surface area contributed by atoms with Crippen molar-refractivity contribution >= 4 is 7.92 Å². The molecule has 0 amide bonds. The van der Waals surface area contributed by atoms with Crippen LogP contribution in [0, 0.1) is 0 Å². The second-order valence-electron chi connectivity index (χ2n) is 3.38. The van der Waals surface area contributed by atoms with Crippen LogP contribution >= 0.6 is 7.92 Å². The fourth-order valence-electron chi connectivity index (χ4n) is 1.34. The average Bonchev–Trinajstić information content (AvgIpc) is 2.17. The van der Waals surface area contributed by atoms with Gasteiger partial charge in [0.15, 0.2) is 0 Å². The molecule has 0 bridgehead atoms. The fraction of sp³-hybridized carbons (Fsp3) is 1.00. The van der Waals surface area contributed by atoms with E-state index in [4.69, 9.17) is 15.3 Å². The number of hydrogen-bond acceptors (Lipinski definition) is 3. The lowest BCUT2D eigenvalue weighted by Crippen LogP contribution is -2.18. The summed E-state index contributed by atoms with van der Waals surface area (Å²) in [4.78, 5) is 0. The molecule has 0 aromatic rings. The van der Waals surface area contributed by atoms with E-state index in [2.05, 4.69) is 0 Å². The molecule has 2 unspecified atom stereocenters. The minimum atomic E-state index is -0.349. The normalized spacial score (nSPS) is 18.2. The molecule has 0 aliphatic carbocycles. The summed E-state index contributed by atoms with van der Waals surface area (Å²) in [7, 11) is -0.349. The van der Waals surface area contributed by atoms with Crippen molar-refractivity contribution in [2.45, 2.75) is 31.6 Å². The molecule has 2 atom stereocenters. The maximum atomic E-state index is 9.02. The molecule has 0 aliphatic heterocycles. The first-order valence-electron chi connectivity index (χ1n) is 4.75. The van der Waals surface area contributed by atoms with Crippen molar-refractivity contribution in [2.75, 3.05) is 26.0 Å². The Bertz CT molecular complexity index is 111. The van der Waals surface area contributed by atoms with Gasteiger partial charge in [0.05, 0.1) is 0 Å². The maximum Gasteiger partial charge on any atom is 0.0495 e. The quantitative estimate of drug-likeness (QED) is 0.537. The second-order valence-corrected chi connectivity index (χ2v) is 6.62. The molecule has 0 aliphatic rings. The molecule has 0 aromatic carbocycles. The number of hydrogen-bond donors (Lipinski definition) is 3. The standard InChI is InChI=1S/C9H21O3P/c1-8(6-11)13(5-3-4-10)9(2)7-12/h8-12H,3-7H2,1-2H3. The van der Waals surface area contributed by atoms with Gasteiger partial charge in [-0.2, -0.15) is 0 Å². The fourth-order valence-corrected chi connectivity index (χ4v) is 4.01. The highest BCUT2D eigenvalue weighted by Gasteiger charge is 2.21. The van der Waals surface area contributed by atoms with Crippen molar-refractivity contribution in [2.24, 2.45) is 0 Å². The minimum absolute atomic E-state index is 0.182. The summed E-state index contributed by atoms with van der Waals surface area (Å²) in [6, 6.07) is 0. The molecule has 0 radical (unpaired) electrons. The highest BCUT2D eigenvalue weighted by Crippen LogP contribution is 2.46. The molecule has 4 heteroatoms. The SMILES string of the molecule is CC(CO)P(CCCO)C(C)CO. The zero-order valence-electron chi connectivity index (χ0n) is 8.48. The van der Waals surface area contributed by atoms with Crippen LogP contribution in [-0.2, 0) is 0 Å². The lowest BCUT2D eigenvalue weighted by molar-refractivity contribution is 0.284. The van der Waals surface area contributed by atoms with Gasteiger partial charge in [-0.05, 0) is 23.9 Å². The van der Waals surface area contributed by atoms with Crippen LogP contribution in [0.2, 0.25) is 0 Å². The van der Waals surface area contributed by atoms with E-state index in [1.54, 1.807) is 0 Å². The molecule has 0 saturated carbocycles. The monoisotopic (exact) mass is 208 g/mol. The summed E-state index contributed by atoms with van der Waals surface area (Å²) in [5.41, 5.74) is 0.535. The third kappa shape index (κ3) is 4.92. The highest BCUT2D eigenvalue weighted by atomic mass is 31.1. The van der Waals surface area contributed by atoms with Gasteiger partial charge in [0.1, 0.15) is 0 Å². The van der Waals surface area contributed by atoms with Crippen LogP contribution in [0.25, 0.3) is 0 Å². The van der Waals surface area contributed by atoms with E-state index in [0.717, 1.165) is 12.6 Å². The van der Waals surface area contributed by atoms with E-state index in [1.165, 1.54) is 0 Å². The Labute approximate surface area is 81.5 Å². The molecule has 0 heterocycles. The lowest BCUT2D eigenvalue weighted by atomic mass is 10.5. The van der Waals surface area contributed by atoms with Crippen molar-refractivity contribution in [3.05, 3.63) is 0 Å². The van der Waals surface area contributed by atoms with Crippen molar-refractivity contribution in [3.8, 4) is 0 Å². The zero-order valence-corrected chi connectivity index (χ0v) is 9.37. The molecule has 0 fully saturated rings. The second kappa shape index (κ2) is 7.69. The topological polar surface area (TPSA) is 60.7 Å². The Balaban J connectivity index is 4.01. The van der Waals surface area contributed by atoms with E-state index >= 15 is 0 Å². The van der Waals surface area contributed by atoms with Crippen LogP contribution in [-0.4, -0.2) is 52.6 Å². The maximum absolute atomic E-state index is 9.02. The van der Waals surface area contributed by atoms with Crippen LogP contribution in [0.15, 0.2) is 0 Å². The third-order valence-corrected chi connectivity index (χ3v) is 5.66. The van der Waals surface area contributed by atoms with E-state index in [-0.39, 0.29) is 39.1 Å². The van der Waals surface area contributed by atoms with Gasteiger partial charge in [0.2, 0.25) is 0 Å². The molecule has 3 N–H and O–H groups in total. The van der Waals surface area contributed by atoms with E-state index in [9.17, 15) is 0 Å². The zero-order chi connectivity index (χ0) is 10.3. The van der Waals surface area contributed by atoms with Gasteiger partial charge in [0.25, 0.3) is 0 Å². The summed E-state index contributed by atoms with van der Waals surface area (Å²) in [6.07, 6.45) is 1.72. The summed E-state index contributed by atoms with van der Waals surface area (Å²) in [6.45, 7) is 4.59. The molecule has 80 valence electrons. The smallest absolute Gasteiger partial charge is 0.0495 e. The Morgan fingerprint density at radius 2 is 1.46 bits per heavy atom. The number of aliphatic hydroxyl groups excluding tert-OH is 3. The minimum Gasteiger partial charge on any atom is -0.396 e. The molecular weight excluding hydrogens is 187 g/mol. The summed E-state index contributed by atoms with van der Waals surface area (Å²) in [5.74, 6) is 0. The molecule has 0 aromatic heterocycles. The lowest BCUT2D eigenvalue weighted by Gasteiger charge is -2.28. The third-order valence-electron chi connectivity index (χ3n) is 2.24. The first kappa shape index (κ1) is 13.3. The predicted molar refractivity (Wildman–Crippen MR) is 56.6 cm³/mol. The van der Waals surface area contributed by atoms with Gasteiger partial charge in [-0.1, -0.05) is 21.8 Å². The van der Waals surface area contributed by atoms with Gasteiger partial charge >= 0.3 is 0 Å². The van der Waals surface area contributed by atoms with Crippen LogP contribution < -0.4 is 0 Å². The van der Waals surface area contributed by atoms with E-state index < -0.39 is 0 Å². The van der Waals surface area contributed by atoms with Crippen molar-refractivity contribution in [1.82, 2.24) is 0 Å². The van der Waals surface area contributed by atoms with E-state index in [1.807, 2.05) is 13.8 Å². The number of aliphatic hydroxyl groups is 3. The van der Waals surface area contributed by atoms with Crippen molar-refractivity contribution < 1.29 is 15.3 Å². The number of rotatable bonds is 7.